The maximum atomic E-state index is 12.2. The number of amides is 1. The van der Waals surface area contributed by atoms with Gasteiger partial charge in [0.25, 0.3) is 0 Å². The number of hydrogen-bond donors (Lipinski definition) is 1. The molecule has 3 rings (SSSR count). The second kappa shape index (κ2) is 5.68. The van der Waals surface area contributed by atoms with Gasteiger partial charge in [-0.1, -0.05) is 29.8 Å². The molecule has 4 nitrogen and oxygen atoms in total. The zero-order valence-electron chi connectivity index (χ0n) is 12.9. The van der Waals surface area contributed by atoms with Crippen molar-refractivity contribution in [1.82, 2.24) is 10.2 Å². The summed E-state index contributed by atoms with van der Waals surface area (Å²) in [6.07, 6.45) is 2.05. The van der Waals surface area contributed by atoms with Crippen molar-refractivity contribution in [3.8, 4) is 0 Å². The summed E-state index contributed by atoms with van der Waals surface area (Å²) in [5.41, 5.74) is 2.22. The van der Waals surface area contributed by atoms with E-state index in [4.69, 9.17) is 4.74 Å². The van der Waals surface area contributed by atoms with Crippen LogP contribution in [-0.4, -0.2) is 36.2 Å². The number of carbonyl (C=O) groups is 1. The molecule has 0 saturated carbocycles. The van der Waals surface area contributed by atoms with Crippen LogP contribution in [0.15, 0.2) is 24.3 Å². The summed E-state index contributed by atoms with van der Waals surface area (Å²) in [6, 6.07) is 8.36. The number of aryl methyl sites for hydroxylation is 1. The summed E-state index contributed by atoms with van der Waals surface area (Å²) in [4.78, 5) is 14.2. The number of hydrogen-bond acceptors (Lipinski definition) is 3. The summed E-state index contributed by atoms with van der Waals surface area (Å²) < 4.78 is 5.40. The monoisotopic (exact) mass is 288 g/mol. The summed E-state index contributed by atoms with van der Waals surface area (Å²) >= 11 is 0. The van der Waals surface area contributed by atoms with Gasteiger partial charge in [0.1, 0.15) is 6.61 Å². The molecule has 1 N–H and O–H groups in total. The summed E-state index contributed by atoms with van der Waals surface area (Å²) in [6.45, 7) is 7.49. The second-order valence-corrected chi connectivity index (χ2v) is 6.51. The largest absolute Gasteiger partial charge is 0.447 e. The molecule has 2 heterocycles. The number of carbonyl (C=O) groups excluding carboxylic acids is 1. The molecule has 1 amide bonds. The van der Waals surface area contributed by atoms with Crippen molar-refractivity contribution in [3.63, 3.8) is 0 Å². The van der Waals surface area contributed by atoms with E-state index in [1.165, 1.54) is 11.1 Å². The molecule has 2 saturated heterocycles. The third-order valence-electron chi connectivity index (χ3n) is 4.97. The Balaban J connectivity index is 1.81. The SMILES string of the molecule is Cc1cccc(CN2C(=O)OCC2(C)C2CCNCC2)c1. The molecule has 1 atom stereocenters. The lowest BCUT2D eigenvalue weighted by atomic mass is 9.79. The molecule has 2 aliphatic rings. The van der Waals surface area contributed by atoms with Crippen molar-refractivity contribution in [2.75, 3.05) is 19.7 Å². The van der Waals surface area contributed by atoms with Crippen molar-refractivity contribution in [2.24, 2.45) is 5.92 Å². The van der Waals surface area contributed by atoms with Gasteiger partial charge in [-0.05, 0) is 51.3 Å². The van der Waals surface area contributed by atoms with Gasteiger partial charge in [0, 0.05) is 6.54 Å². The molecule has 0 radical (unpaired) electrons. The average molecular weight is 288 g/mol. The molecule has 0 aromatic heterocycles. The van der Waals surface area contributed by atoms with Crippen molar-refractivity contribution in [2.45, 2.75) is 38.8 Å². The van der Waals surface area contributed by atoms with Gasteiger partial charge >= 0.3 is 6.09 Å². The van der Waals surface area contributed by atoms with E-state index in [1.54, 1.807) is 0 Å². The molecule has 2 aliphatic heterocycles. The van der Waals surface area contributed by atoms with Crippen molar-refractivity contribution in [3.05, 3.63) is 35.4 Å². The highest BCUT2D eigenvalue weighted by Crippen LogP contribution is 2.37. The number of nitrogens with one attached hydrogen (secondary N) is 1. The molecule has 1 aromatic rings. The third kappa shape index (κ3) is 2.77. The van der Waals surface area contributed by atoms with E-state index in [0.717, 1.165) is 25.9 Å². The third-order valence-corrected chi connectivity index (χ3v) is 4.97. The lowest BCUT2D eigenvalue weighted by Gasteiger charge is -2.41. The van der Waals surface area contributed by atoms with E-state index < -0.39 is 0 Å². The number of benzene rings is 1. The highest BCUT2D eigenvalue weighted by Gasteiger charge is 2.48. The van der Waals surface area contributed by atoms with E-state index in [9.17, 15) is 4.79 Å². The van der Waals surface area contributed by atoms with Crippen molar-refractivity contribution >= 4 is 6.09 Å². The van der Waals surface area contributed by atoms with Crippen molar-refractivity contribution < 1.29 is 9.53 Å². The first-order chi connectivity index (χ1) is 10.1. The van der Waals surface area contributed by atoms with Crippen molar-refractivity contribution in [1.29, 1.82) is 0 Å². The Morgan fingerprint density at radius 2 is 2.14 bits per heavy atom. The van der Waals surface area contributed by atoms with Gasteiger partial charge < -0.3 is 10.1 Å². The van der Waals surface area contributed by atoms with Gasteiger partial charge in [0.2, 0.25) is 0 Å². The van der Waals surface area contributed by atoms with Crippen LogP contribution in [0.4, 0.5) is 4.79 Å². The van der Waals surface area contributed by atoms with E-state index in [0.29, 0.717) is 19.1 Å². The fraction of sp³-hybridized carbons (Fsp3) is 0.588. The van der Waals surface area contributed by atoms with Crippen LogP contribution in [0.1, 0.15) is 30.9 Å². The lowest BCUT2D eigenvalue weighted by molar-refractivity contribution is 0.0889. The maximum absolute atomic E-state index is 12.2. The van der Waals surface area contributed by atoms with Gasteiger partial charge in [0.15, 0.2) is 0 Å². The molecule has 21 heavy (non-hydrogen) atoms. The summed E-state index contributed by atoms with van der Waals surface area (Å²) in [5.74, 6) is 0.509. The topological polar surface area (TPSA) is 41.6 Å². The average Bonchev–Trinajstić information content (AvgIpc) is 2.78. The number of ether oxygens (including phenoxy) is 1. The highest BCUT2D eigenvalue weighted by molar-refractivity contribution is 5.71. The molecule has 4 heteroatoms. The highest BCUT2D eigenvalue weighted by atomic mass is 16.6. The molecule has 0 bridgehead atoms. The summed E-state index contributed by atoms with van der Waals surface area (Å²) in [5, 5.41) is 3.39. The first kappa shape index (κ1) is 14.4. The number of piperidine rings is 1. The van der Waals surface area contributed by atoms with E-state index >= 15 is 0 Å². The van der Waals surface area contributed by atoms with Gasteiger partial charge in [-0.3, -0.25) is 4.90 Å². The fourth-order valence-electron chi connectivity index (χ4n) is 3.59. The minimum atomic E-state index is -0.178. The lowest BCUT2D eigenvalue weighted by Crippen LogP contribution is -2.52. The van der Waals surface area contributed by atoms with Gasteiger partial charge in [-0.2, -0.15) is 0 Å². The predicted molar refractivity (Wildman–Crippen MR) is 82.1 cm³/mol. The Kier molecular flexibility index (Phi) is 3.89. The zero-order valence-corrected chi connectivity index (χ0v) is 12.9. The van der Waals surface area contributed by atoms with Gasteiger partial charge in [0.05, 0.1) is 5.54 Å². The van der Waals surface area contributed by atoms with Crippen LogP contribution in [0.3, 0.4) is 0 Å². The predicted octanol–water partition coefficient (Wildman–Crippen LogP) is 2.71. The minimum absolute atomic E-state index is 0.169. The minimum Gasteiger partial charge on any atom is -0.447 e. The Morgan fingerprint density at radius 1 is 1.38 bits per heavy atom. The molecule has 114 valence electrons. The number of nitrogens with zero attached hydrogens (tertiary/aromatic N) is 1. The van der Waals surface area contributed by atoms with Crippen LogP contribution in [0, 0.1) is 12.8 Å². The van der Waals surface area contributed by atoms with E-state index in [1.807, 2.05) is 11.0 Å². The summed E-state index contributed by atoms with van der Waals surface area (Å²) in [7, 11) is 0. The zero-order chi connectivity index (χ0) is 14.9. The Hall–Kier alpha value is -1.55. The first-order valence-electron chi connectivity index (χ1n) is 7.80. The van der Waals surface area contributed by atoms with Crippen LogP contribution >= 0.6 is 0 Å². The van der Waals surface area contributed by atoms with Crippen LogP contribution in [0.2, 0.25) is 0 Å². The number of cyclic esters (lactones) is 1. The standard InChI is InChI=1S/C17H24N2O2/c1-13-4-3-5-14(10-13)11-19-16(20)21-12-17(19,2)15-6-8-18-9-7-15/h3-5,10,15,18H,6-9,11-12H2,1-2H3. The molecule has 0 spiro atoms. The molecule has 1 aromatic carbocycles. The van der Waals surface area contributed by atoms with Crippen LogP contribution in [-0.2, 0) is 11.3 Å². The van der Waals surface area contributed by atoms with Crippen LogP contribution < -0.4 is 5.32 Å². The smallest absolute Gasteiger partial charge is 0.410 e. The normalized spacial score (nSPS) is 27.0. The fourth-order valence-corrected chi connectivity index (χ4v) is 3.59. The molecule has 1 unspecified atom stereocenters. The maximum Gasteiger partial charge on any atom is 0.410 e. The van der Waals surface area contributed by atoms with Gasteiger partial charge in [-0.15, -0.1) is 0 Å². The molecule has 2 fully saturated rings. The first-order valence-corrected chi connectivity index (χ1v) is 7.80. The van der Waals surface area contributed by atoms with Crippen LogP contribution in [0.5, 0.6) is 0 Å². The Morgan fingerprint density at radius 3 is 2.86 bits per heavy atom. The number of rotatable bonds is 3. The molecular weight excluding hydrogens is 264 g/mol. The van der Waals surface area contributed by atoms with E-state index in [-0.39, 0.29) is 11.6 Å². The molecular formula is C17H24N2O2. The second-order valence-electron chi connectivity index (χ2n) is 6.51. The Labute approximate surface area is 126 Å². The van der Waals surface area contributed by atoms with E-state index in [2.05, 4.69) is 37.4 Å². The Bertz CT molecular complexity index is 525. The van der Waals surface area contributed by atoms with Gasteiger partial charge in [-0.25, -0.2) is 4.79 Å². The van der Waals surface area contributed by atoms with Crippen LogP contribution in [0.25, 0.3) is 0 Å². The molecule has 0 aliphatic carbocycles. The quantitative estimate of drug-likeness (QED) is 0.930.